The Morgan fingerprint density at radius 3 is 2.52 bits per heavy atom. The molecule has 27 heavy (non-hydrogen) atoms. The highest BCUT2D eigenvalue weighted by Gasteiger charge is 2.24. The number of rotatable bonds is 7. The Kier molecular flexibility index (Phi) is 6.66. The van der Waals surface area contributed by atoms with Crippen LogP contribution in [0.25, 0.3) is 0 Å². The Hall–Kier alpha value is -2.15. The number of anilines is 1. The van der Waals surface area contributed by atoms with Crippen molar-refractivity contribution in [2.45, 2.75) is 17.6 Å². The van der Waals surface area contributed by atoms with Crippen molar-refractivity contribution < 1.29 is 4.79 Å². The van der Waals surface area contributed by atoms with E-state index in [-0.39, 0.29) is 0 Å². The average molecular weight is 419 g/mol. The fraction of sp³-hybridized carbons (Fsp3) is 0.158. The van der Waals surface area contributed by atoms with E-state index < -0.39 is 5.92 Å². The van der Waals surface area contributed by atoms with Crippen molar-refractivity contribution >= 4 is 47.1 Å². The number of hydrogen-bond acceptors (Lipinski definition) is 6. The SMILES string of the molecule is CSc1ncc(C(C=O)c2c(Cl)cccc2Cl)c(NCc2ccncc2)n1. The summed E-state index contributed by atoms with van der Waals surface area (Å²) >= 11 is 14.1. The van der Waals surface area contributed by atoms with Gasteiger partial charge in [0.25, 0.3) is 0 Å². The van der Waals surface area contributed by atoms with Gasteiger partial charge in [0.2, 0.25) is 0 Å². The van der Waals surface area contributed by atoms with Crippen LogP contribution >= 0.6 is 35.0 Å². The van der Waals surface area contributed by atoms with E-state index in [1.807, 2.05) is 18.4 Å². The molecular weight excluding hydrogens is 403 g/mol. The van der Waals surface area contributed by atoms with Crippen LogP contribution in [-0.2, 0) is 11.3 Å². The van der Waals surface area contributed by atoms with Crippen molar-refractivity contribution in [3.63, 3.8) is 0 Å². The number of nitrogens with one attached hydrogen (secondary N) is 1. The number of aldehydes is 1. The van der Waals surface area contributed by atoms with Crippen molar-refractivity contribution in [3.8, 4) is 0 Å². The quantitative estimate of drug-likeness (QED) is 0.336. The van der Waals surface area contributed by atoms with E-state index in [0.29, 0.717) is 38.7 Å². The largest absolute Gasteiger partial charge is 0.366 e. The first kappa shape index (κ1) is 19.6. The number of carbonyl (C=O) groups is 1. The topological polar surface area (TPSA) is 67.8 Å². The molecule has 5 nitrogen and oxygen atoms in total. The molecule has 0 saturated heterocycles. The highest BCUT2D eigenvalue weighted by molar-refractivity contribution is 7.98. The number of halogens is 2. The van der Waals surface area contributed by atoms with Crippen LogP contribution in [0.3, 0.4) is 0 Å². The fourth-order valence-electron chi connectivity index (χ4n) is 2.63. The second-order valence-electron chi connectivity index (χ2n) is 5.62. The third-order valence-corrected chi connectivity index (χ3v) is 5.19. The molecule has 8 heteroatoms. The molecule has 0 fully saturated rings. The monoisotopic (exact) mass is 418 g/mol. The summed E-state index contributed by atoms with van der Waals surface area (Å²) in [6.07, 6.45) is 7.80. The number of benzene rings is 1. The van der Waals surface area contributed by atoms with Crippen molar-refractivity contribution in [1.82, 2.24) is 15.0 Å². The predicted molar refractivity (Wildman–Crippen MR) is 110 cm³/mol. The van der Waals surface area contributed by atoms with Gasteiger partial charge in [-0.05, 0) is 36.1 Å². The molecule has 2 aromatic heterocycles. The first-order valence-corrected chi connectivity index (χ1v) is 10.0. The Balaban J connectivity index is 2.01. The van der Waals surface area contributed by atoms with Gasteiger partial charge < -0.3 is 10.1 Å². The maximum atomic E-state index is 12.0. The normalized spacial score (nSPS) is 11.8. The van der Waals surface area contributed by atoms with Gasteiger partial charge in [0.05, 0.1) is 5.92 Å². The minimum Gasteiger partial charge on any atom is -0.366 e. The number of thioether (sulfide) groups is 1. The Morgan fingerprint density at radius 2 is 1.89 bits per heavy atom. The Morgan fingerprint density at radius 1 is 1.19 bits per heavy atom. The molecule has 0 aliphatic carbocycles. The highest BCUT2D eigenvalue weighted by atomic mass is 35.5. The molecule has 3 aromatic rings. The van der Waals surface area contributed by atoms with Gasteiger partial charge in [-0.1, -0.05) is 41.0 Å². The van der Waals surface area contributed by atoms with Gasteiger partial charge in [-0.2, -0.15) is 0 Å². The van der Waals surface area contributed by atoms with Gasteiger partial charge >= 0.3 is 0 Å². The second-order valence-corrected chi connectivity index (χ2v) is 7.21. The van der Waals surface area contributed by atoms with Crippen molar-refractivity contribution in [1.29, 1.82) is 0 Å². The van der Waals surface area contributed by atoms with E-state index >= 15 is 0 Å². The molecule has 1 aromatic carbocycles. The molecule has 0 bridgehead atoms. The summed E-state index contributed by atoms with van der Waals surface area (Å²) in [5.41, 5.74) is 2.20. The maximum absolute atomic E-state index is 12.0. The third-order valence-electron chi connectivity index (χ3n) is 3.97. The number of hydrogen-bond donors (Lipinski definition) is 1. The van der Waals surface area contributed by atoms with Crippen LogP contribution in [0.2, 0.25) is 10.0 Å². The molecule has 1 unspecified atom stereocenters. The van der Waals surface area contributed by atoms with E-state index in [2.05, 4.69) is 20.3 Å². The van der Waals surface area contributed by atoms with Crippen LogP contribution in [0.15, 0.2) is 54.1 Å². The van der Waals surface area contributed by atoms with Crippen LogP contribution in [0.5, 0.6) is 0 Å². The molecule has 0 saturated carbocycles. The Bertz CT molecular complexity index is 920. The minimum atomic E-state index is -0.679. The average Bonchev–Trinajstić information content (AvgIpc) is 2.70. The number of nitrogens with zero attached hydrogens (tertiary/aromatic N) is 3. The summed E-state index contributed by atoms with van der Waals surface area (Å²) < 4.78 is 0. The summed E-state index contributed by atoms with van der Waals surface area (Å²) in [4.78, 5) is 24.9. The first-order chi connectivity index (χ1) is 13.1. The molecule has 3 rings (SSSR count). The minimum absolute atomic E-state index is 0.425. The summed E-state index contributed by atoms with van der Waals surface area (Å²) in [5.74, 6) is -0.110. The van der Waals surface area contributed by atoms with Gasteiger partial charge in [0.15, 0.2) is 5.16 Å². The number of carbonyl (C=O) groups excluding carboxylic acids is 1. The van der Waals surface area contributed by atoms with E-state index in [9.17, 15) is 4.79 Å². The van der Waals surface area contributed by atoms with Crippen molar-refractivity contribution in [2.75, 3.05) is 11.6 Å². The zero-order chi connectivity index (χ0) is 19.2. The summed E-state index contributed by atoms with van der Waals surface area (Å²) in [6, 6.07) is 8.98. The van der Waals surface area contributed by atoms with Gasteiger partial charge in [-0.3, -0.25) is 4.98 Å². The molecule has 1 N–H and O–H groups in total. The van der Waals surface area contributed by atoms with Gasteiger partial charge in [0.1, 0.15) is 12.1 Å². The third kappa shape index (κ3) is 4.58. The lowest BCUT2D eigenvalue weighted by Crippen LogP contribution is -2.12. The van der Waals surface area contributed by atoms with Crippen LogP contribution in [-0.4, -0.2) is 27.5 Å². The van der Waals surface area contributed by atoms with E-state index in [1.165, 1.54) is 11.8 Å². The van der Waals surface area contributed by atoms with Crippen LogP contribution in [0, 0.1) is 0 Å². The highest BCUT2D eigenvalue weighted by Crippen LogP contribution is 2.37. The molecule has 138 valence electrons. The van der Waals surface area contributed by atoms with Gasteiger partial charge in [0, 0.05) is 46.3 Å². The van der Waals surface area contributed by atoms with Gasteiger partial charge in [-0.25, -0.2) is 9.97 Å². The van der Waals surface area contributed by atoms with Crippen molar-refractivity contribution in [3.05, 3.63) is 75.7 Å². The van der Waals surface area contributed by atoms with Gasteiger partial charge in [-0.15, -0.1) is 0 Å². The fourth-order valence-corrected chi connectivity index (χ4v) is 3.61. The van der Waals surface area contributed by atoms with E-state index in [0.717, 1.165) is 11.8 Å². The number of pyridine rings is 1. The number of aromatic nitrogens is 3. The lowest BCUT2D eigenvalue weighted by Gasteiger charge is -2.18. The maximum Gasteiger partial charge on any atom is 0.189 e. The van der Waals surface area contributed by atoms with E-state index in [1.54, 1.807) is 36.8 Å². The summed E-state index contributed by atoms with van der Waals surface area (Å²) in [6.45, 7) is 0.530. The van der Waals surface area contributed by atoms with Crippen LogP contribution in [0.1, 0.15) is 22.6 Å². The standard InChI is InChI=1S/C19H16Cl2N4OS/c1-27-19-24-10-13(14(11-26)17-15(20)3-2-4-16(17)21)18(25-19)23-9-12-5-7-22-8-6-12/h2-8,10-11,14H,9H2,1H3,(H,23,24,25). The smallest absolute Gasteiger partial charge is 0.189 e. The zero-order valence-corrected chi connectivity index (χ0v) is 16.7. The molecule has 0 aliphatic rings. The molecule has 2 heterocycles. The molecule has 0 radical (unpaired) electrons. The Labute approximate surface area is 171 Å². The molecule has 0 spiro atoms. The van der Waals surface area contributed by atoms with Crippen LogP contribution < -0.4 is 5.32 Å². The molecule has 0 amide bonds. The zero-order valence-electron chi connectivity index (χ0n) is 14.4. The lowest BCUT2D eigenvalue weighted by atomic mass is 9.93. The molecule has 1 atom stereocenters. The first-order valence-electron chi connectivity index (χ1n) is 8.07. The van der Waals surface area contributed by atoms with E-state index in [4.69, 9.17) is 23.2 Å². The predicted octanol–water partition coefficient (Wildman–Crippen LogP) is 4.84. The molecular formula is C19H16Cl2N4OS. The lowest BCUT2D eigenvalue weighted by molar-refractivity contribution is -0.108. The summed E-state index contributed by atoms with van der Waals surface area (Å²) in [5, 5.41) is 4.74. The van der Waals surface area contributed by atoms with Crippen molar-refractivity contribution in [2.24, 2.45) is 0 Å². The second kappa shape index (κ2) is 9.17. The van der Waals surface area contributed by atoms with Crippen LogP contribution in [0.4, 0.5) is 5.82 Å². The summed E-state index contributed by atoms with van der Waals surface area (Å²) in [7, 11) is 0. The molecule has 0 aliphatic heterocycles.